The predicted octanol–water partition coefficient (Wildman–Crippen LogP) is 2.06. The van der Waals surface area contributed by atoms with Gasteiger partial charge in [-0.25, -0.2) is 0 Å². The summed E-state index contributed by atoms with van der Waals surface area (Å²) in [5, 5.41) is 3.17. The highest BCUT2D eigenvalue weighted by Gasteiger charge is 2.11. The lowest BCUT2D eigenvalue weighted by Gasteiger charge is -2.26. The largest absolute Gasteiger partial charge is 0.492 e. The summed E-state index contributed by atoms with van der Waals surface area (Å²) in [6, 6.07) is 8.22. The lowest BCUT2D eigenvalue weighted by atomic mass is 10.1. The summed E-state index contributed by atoms with van der Waals surface area (Å²) in [6.45, 7) is 5.39. The predicted molar refractivity (Wildman–Crippen MR) is 85.7 cm³/mol. The average Bonchev–Trinajstić information content (AvgIpc) is 2.51. The van der Waals surface area contributed by atoms with E-state index in [-0.39, 0.29) is 0 Å². The van der Waals surface area contributed by atoms with E-state index < -0.39 is 0 Å². The molecule has 0 saturated carbocycles. The van der Waals surface area contributed by atoms with E-state index in [1.54, 1.807) is 7.11 Å². The molecule has 1 aliphatic rings. The van der Waals surface area contributed by atoms with Gasteiger partial charge in [0.1, 0.15) is 12.4 Å². The van der Waals surface area contributed by atoms with Crippen LogP contribution in [0.2, 0.25) is 0 Å². The molecule has 4 heteroatoms. The fourth-order valence-corrected chi connectivity index (χ4v) is 2.54. The fraction of sp³-hybridized carbons (Fsp3) is 0.529. The fourth-order valence-electron chi connectivity index (χ4n) is 2.54. The maximum Gasteiger partial charge on any atom is 0.123 e. The molecule has 0 bridgehead atoms. The van der Waals surface area contributed by atoms with Crippen molar-refractivity contribution in [2.24, 2.45) is 0 Å². The average molecular weight is 290 g/mol. The van der Waals surface area contributed by atoms with Gasteiger partial charge in [-0.3, -0.25) is 4.90 Å². The molecule has 1 aromatic carbocycles. The Kier molecular flexibility index (Phi) is 6.73. The van der Waals surface area contributed by atoms with E-state index in [1.807, 2.05) is 25.2 Å². The van der Waals surface area contributed by atoms with Gasteiger partial charge in [-0.2, -0.15) is 0 Å². The van der Waals surface area contributed by atoms with Crippen molar-refractivity contribution in [2.45, 2.75) is 13.0 Å². The van der Waals surface area contributed by atoms with Gasteiger partial charge < -0.3 is 14.8 Å². The summed E-state index contributed by atoms with van der Waals surface area (Å²) in [5.74, 6) is 0.986. The van der Waals surface area contributed by atoms with E-state index >= 15 is 0 Å². The minimum atomic E-state index is 0.730. The number of rotatable bonds is 8. The molecule has 2 rings (SSSR count). The normalized spacial score (nSPS) is 15.8. The van der Waals surface area contributed by atoms with E-state index in [4.69, 9.17) is 9.47 Å². The van der Waals surface area contributed by atoms with Crippen molar-refractivity contribution in [3.63, 3.8) is 0 Å². The van der Waals surface area contributed by atoms with Crippen molar-refractivity contribution in [3.05, 3.63) is 41.5 Å². The zero-order valence-electron chi connectivity index (χ0n) is 13.1. The Labute approximate surface area is 127 Å². The Morgan fingerprint density at radius 2 is 2.14 bits per heavy atom. The lowest BCUT2D eigenvalue weighted by molar-refractivity contribution is 0.197. The molecule has 21 heavy (non-hydrogen) atoms. The van der Waals surface area contributed by atoms with Crippen LogP contribution in [0.1, 0.15) is 12.0 Å². The lowest BCUT2D eigenvalue weighted by Crippen LogP contribution is -2.33. The molecular formula is C17H26N2O2. The number of hydrogen-bond donors (Lipinski definition) is 1. The van der Waals surface area contributed by atoms with Crippen LogP contribution in [0.15, 0.2) is 35.9 Å². The van der Waals surface area contributed by atoms with Crippen LogP contribution in [0.25, 0.3) is 0 Å². The van der Waals surface area contributed by atoms with Crippen molar-refractivity contribution in [1.29, 1.82) is 0 Å². The maximum atomic E-state index is 5.94. The number of ether oxygens (including phenoxy) is 2. The first kappa shape index (κ1) is 16.0. The number of methoxy groups -OCH3 is 1. The van der Waals surface area contributed by atoms with Crippen LogP contribution in [-0.4, -0.2) is 51.9 Å². The quantitative estimate of drug-likeness (QED) is 0.743. The summed E-state index contributed by atoms with van der Waals surface area (Å²) in [6.07, 6.45) is 3.38. The topological polar surface area (TPSA) is 33.7 Å². The third-order valence-electron chi connectivity index (χ3n) is 3.72. The molecule has 0 saturated heterocycles. The summed E-state index contributed by atoms with van der Waals surface area (Å²) in [4.78, 5) is 2.42. The van der Waals surface area contributed by atoms with Gasteiger partial charge in [-0.05, 0) is 25.1 Å². The Morgan fingerprint density at radius 1 is 1.29 bits per heavy atom. The number of para-hydroxylation sites is 1. The van der Waals surface area contributed by atoms with E-state index in [2.05, 4.69) is 22.4 Å². The number of hydrogen-bond acceptors (Lipinski definition) is 4. The molecule has 0 unspecified atom stereocenters. The molecular weight excluding hydrogens is 264 g/mol. The highest BCUT2D eigenvalue weighted by Crippen LogP contribution is 2.18. The molecule has 0 aromatic heterocycles. The minimum absolute atomic E-state index is 0.730. The molecule has 0 amide bonds. The van der Waals surface area contributed by atoms with Gasteiger partial charge in [0, 0.05) is 38.9 Å². The van der Waals surface area contributed by atoms with Crippen LogP contribution in [0.4, 0.5) is 0 Å². The molecule has 0 atom stereocenters. The molecule has 1 aliphatic heterocycles. The first-order valence-corrected chi connectivity index (χ1v) is 7.58. The standard InChI is InChI=1S/C17H26N2O2/c1-18-13-16-5-3-4-6-17(16)21-12-11-19-9-7-15(8-10-19)14-20-2/h3-7,18H,8-14H2,1-2H3. The SMILES string of the molecule is CNCc1ccccc1OCCN1CC=C(COC)CC1. The minimum Gasteiger partial charge on any atom is -0.492 e. The third-order valence-corrected chi connectivity index (χ3v) is 3.72. The second-order valence-corrected chi connectivity index (χ2v) is 5.33. The van der Waals surface area contributed by atoms with Crippen LogP contribution in [0, 0.1) is 0 Å². The Morgan fingerprint density at radius 3 is 2.86 bits per heavy atom. The molecule has 0 radical (unpaired) electrons. The van der Waals surface area contributed by atoms with Crippen molar-refractivity contribution in [3.8, 4) is 5.75 Å². The number of benzene rings is 1. The molecule has 4 nitrogen and oxygen atoms in total. The highest BCUT2D eigenvalue weighted by molar-refractivity contribution is 5.33. The molecule has 0 spiro atoms. The smallest absolute Gasteiger partial charge is 0.123 e. The summed E-state index contributed by atoms with van der Waals surface area (Å²) >= 11 is 0. The molecule has 116 valence electrons. The third kappa shape index (κ3) is 5.16. The van der Waals surface area contributed by atoms with Crippen molar-refractivity contribution in [2.75, 3.05) is 47.0 Å². The van der Waals surface area contributed by atoms with E-state index in [9.17, 15) is 0 Å². The monoisotopic (exact) mass is 290 g/mol. The summed E-state index contributed by atoms with van der Waals surface area (Å²) in [5.41, 5.74) is 2.62. The van der Waals surface area contributed by atoms with Crippen molar-refractivity contribution in [1.82, 2.24) is 10.2 Å². The number of nitrogens with one attached hydrogen (secondary N) is 1. The Bertz CT molecular complexity index is 460. The summed E-state index contributed by atoms with van der Waals surface area (Å²) < 4.78 is 11.1. The van der Waals surface area contributed by atoms with E-state index in [0.29, 0.717) is 0 Å². The number of nitrogens with zero attached hydrogens (tertiary/aromatic N) is 1. The van der Waals surface area contributed by atoms with Gasteiger partial charge >= 0.3 is 0 Å². The van der Waals surface area contributed by atoms with Gasteiger partial charge in [0.05, 0.1) is 6.61 Å². The first-order chi connectivity index (χ1) is 10.3. The zero-order valence-corrected chi connectivity index (χ0v) is 13.1. The van der Waals surface area contributed by atoms with E-state index in [0.717, 1.165) is 51.6 Å². The summed E-state index contributed by atoms with van der Waals surface area (Å²) in [7, 11) is 3.71. The van der Waals surface area contributed by atoms with Crippen molar-refractivity contribution >= 4 is 0 Å². The van der Waals surface area contributed by atoms with Crippen LogP contribution in [0.3, 0.4) is 0 Å². The Balaban J connectivity index is 1.75. The van der Waals surface area contributed by atoms with Crippen LogP contribution in [0.5, 0.6) is 5.75 Å². The van der Waals surface area contributed by atoms with E-state index in [1.165, 1.54) is 11.1 Å². The second-order valence-electron chi connectivity index (χ2n) is 5.33. The van der Waals surface area contributed by atoms with Gasteiger partial charge in [-0.15, -0.1) is 0 Å². The second kappa shape index (κ2) is 8.82. The highest BCUT2D eigenvalue weighted by atomic mass is 16.5. The van der Waals surface area contributed by atoms with Crippen LogP contribution >= 0.6 is 0 Å². The van der Waals surface area contributed by atoms with Crippen LogP contribution < -0.4 is 10.1 Å². The van der Waals surface area contributed by atoms with Crippen molar-refractivity contribution < 1.29 is 9.47 Å². The molecule has 1 aromatic rings. The van der Waals surface area contributed by atoms with Crippen LogP contribution in [-0.2, 0) is 11.3 Å². The van der Waals surface area contributed by atoms with Gasteiger partial charge in [0.25, 0.3) is 0 Å². The van der Waals surface area contributed by atoms with Gasteiger partial charge in [0.2, 0.25) is 0 Å². The first-order valence-electron chi connectivity index (χ1n) is 7.58. The Hall–Kier alpha value is -1.36. The molecule has 0 aliphatic carbocycles. The maximum absolute atomic E-state index is 5.94. The molecule has 1 N–H and O–H groups in total. The molecule has 0 fully saturated rings. The van der Waals surface area contributed by atoms with Gasteiger partial charge in [-0.1, -0.05) is 24.3 Å². The zero-order chi connectivity index (χ0) is 14.9. The molecule has 1 heterocycles. The van der Waals surface area contributed by atoms with Gasteiger partial charge in [0.15, 0.2) is 0 Å².